The normalized spacial score (nSPS) is 10.2. The Morgan fingerprint density at radius 3 is 2.48 bits per heavy atom. The molecule has 0 aliphatic rings. The largest absolute Gasteiger partial charge is 0.384 e. The van der Waals surface area contributed by atoms with Gasteiger partial charge in [-0.2, -0.15) is 9.59 Å². The summed E-state index contributed by atoms with van der Waals surface area (Å²) in [7, 11) is 0. The predicted molar refractivity (Wildman–Crippen MR) is 121 cm³/mol. The maximum Gasteiger partial charge on any atom is 0.373 e. The Morgan fingerprint density at radius 2 is 1.87 bits per heavy atom. The number of thiazole rings is 1. The number of carbonyl (C=O) groups excluding carboxylic acids is 2. The average Bonchev–Trinajstić information content (AvgIpc) is 3.13. The number of nitrogens with two attached hydrogens (primary N) is 1. The molecule has 3 aromatic heterocycles. The third-order valence-electron chi connectivity index (χ3n) is 3.92. The fourth-order valence-electron chi connectivity index (χ4n) is 2.63. The fraction of sp³-hybridized carbons (Fsp3) is 0.0526. The average molecular weight is 476 g/mol. The number of amidine groups is 1. The van der Waals surface area contributed by atoms with Crippen LogP contribution in [-0.4, -0.2) is 31.9 Å². The van der Waals surface area contributed by atoms with Crippen molar-refractivity contribution in [3.63, 3.8) is 0 Å². The minimum atomic E-state index is -0.101. The number of pyridine rings is 1. The van der Waals surface area contributed by atoms with Crippen LogP contribution in [0.3, 0.4) is 0 Å². The lowest BCUT2D eigenvalue weighted by atomic mass is 10.1. The summed E-state index contributed by atoms with van der Waals surface area (Å²) in [5, 5.41) is 12.2. The number of benzene rings is 1. The van der Waals surface area contributed by atoms with Crippen molar-refractivity contribution in [2.75, 3.05) is 5.32 Å². The lowest BCUT2D eigenvalue weighted by Crippen LogP contribution is -2.11. The van der Waals surface area contributed by atoms with Gasteiger partial charge in [0, 0.05) is 30.5 Å². The number of nitrogens with one attached hydrogen (secondary N) is 2. The van der Waals surface area contributed by atoms with Gasteiger partial charge in [-0.15, -0.1) is 11.3 Å². The van der Waals surface area contributed by atoms with Gasteiger partial charge in [-0.05, 0) is 25.1 Å². The zero-order chi connectivity index (χ0) is 22.5. The van der Waals surface area contributed by atoms with Gasteiger partial charge in [-0.1, -0.05) is 23.2 Å². The molecular weight excluding hydrogens is 461 g/mol. The summed E-state index contributed by atoms with van der Waals surface area (Å²) < 4.78 is 0.844. The molecule has 0 radical (unpaired) electrons. The van der Waals surface area contributed by atoms with Crippen molar-refractivity contribution in [1.29, 1.82) is 5.41 Å². The Kier molecular flexibility index (Phi) is 6.88. The Balaban J connectivity index is 0.000000860. The molecule has 9 nitrogen and oxygen atoms in total. The number of nitrogen functional groups attached to an aromatic ring is 1. The Hall–Kier alpha value is -3.43. The van der Waals surface area contributed by atoms with E-state index in [1.54, 1.807) is 18.3 Å². The third kappa shape index (κ3) is 5.01. The number of aromatic nitrogens is 4. The van der Waals surface area contributed by atoms with Crippen LogP contribution in [0.5, 0.6) is 0 Å². The number of fused-ring (bicyclic) bond motifs is 1. The lowest BCUT2D eigenvalue weighted by Gasteiger charge is -2.07. The van der Waals surface area contributed by atoms with Crippen LogP contribution in [0.25, 0.3) is 20.8 Å². The number of rotatable bonds is 4. The Bertz CT molecular complexity index is 1300. The van der Waals surface area contributed by atoms with Gasteiger partial charge in [0.2, 0.25) is 0 Å². The minimum Gasteiger partial charge on any atom is -0.384 e. The second-order valence-corrected chi connectivity index (χ2v) is 7.82. The van der Waals surface area contributed by atoms with Crippen LogP contribution in [0.15, 0.2) is 36.8 Å². The lowest BCUT2D eigenvalue weighted by molar-refractivity contribution is -0.191. The maximum atomic E-state index is 8.12. The molecule has 0 spiro atoms. The van der Waals surface area contributed by atoms with E-state index in [-0.39, 0.29) is 13.4 Å². The van der Waals surface area contributed by atoms with Crippen LogP contribution in [0.4, 0.5) is 11.6 Å². The smallest absolute Gasteiger partial charge is 0.373 e. The highest BCUT2D eigenvalue weighted by atomic mass is 35.5. The topological polar surface area (TPSA) is 148 Å². The molecule has 0 aliphatic heterocycles. The van der Waals surface area contributed by atoms with Gasteiger partial charge >= 0.3 is 6.15 Å². The SMILES string of the molecule is Cc1cc(Nc2nccc3nc(-c4c(Cl)cc(C(=N)N)cc4Cl)sc23)ncn1.O=C=O.[HH]. The van der Waals surface area contributed by atoms with E-state index < -0.39 is 0 Å². The van der Waals surface area contributed by atoms with Crippen LogP contribution < -0.4 is 11.1 Å². The van der Waals surface area contributed by atoms with Gasteiger partial charge in [0.1, 0.15) is 23.0 Å². The number of halogens is 2. The summed E-state index contributed by atoms with van der Waals surface area (Å²) >= 11 is 14.2. The fourth-order valence-corrected chi connectivity index (χ4v) is 4.48. The van der Waals surface area contributed by atoms with Gasteiger partial charge in [-0.3, -0.25) is 5.41 Å². The van der Waals surface area contributed by atoms with E-state index in [1.807, 2.05) is 19.1 Å². The molecule has 0 aliphatic carbocycles. The van der Waals surface area contributed by atoms with Gasteiger partial charge in [0.05, 0.1) is 20.3 Å². The van der Waals surface area contributed by atoms with Gasteiger partial charge in [0.25, 0.3) is 0 Å². The third-order valence-corrected chi connectivity index (χ3v) is 5.61. The van der Waals surface area contributed by atoms with Crippen LogP contribution in [0, 0.1) is 12.3 Å². The van der Waals surface area contributed by atoms with Crippen molar-refractivity contribution in [2.45, 2.75) is 6.92 Å². The van der Waals surface area contributed by atoms with Crippen LogP contribution in [-0.2, 0) is 9.59 Å². The molecule has 0 fully saturated rings. The zero-order valence-corrected chi connectivity index (χ0v) is 18.1. The van der Waals surface area contributed by atoms with E-state index >= 15 is 0 Å². The Morgan fingerprint density at radius 1 is 1.19 bits per heavy atom. The Labute approximate surface area is 191 Å². The van der Waals surface area contributed by atoms with E-state index in [0.717, 1.165) is 15.9 Å². The van der Waals surface area contributed by atoms with E-state index in [0.29, 0.717) is 37.8 Å². The van der Waals surface area contributed by atoms with Crippen molar-refractivity contribution in [2.24, 2.45) is 5.73 Å². The maximum absolute atomic E-state index is 8.12. The minimum absolute atomic E-state index is 0. The molecule has 3 heterocycles. The molecule has 0 unspecified atom stereocenters. The first-order valence-corrected chi connectivity index (χ1v) is 10.1. The summed E-state index contributed by atoms with van der Waals surface area (Å²) in [5.74, 6) is 1.17. The molecule has 31 heavy (non-hydrogen) atoms. The van der Waals surface area contributed by atoms with Crippen molar-refractivity contribution in [3.8, 4) is 10.6 Å². The summed E-state index contributed by atoms with van der Waals surface area (Å²) in [6, 6.07) is 6.87. The molecular formula is C19H15Cl2N7O2S. The molecule has 1 aromatic carbocycles. The van der Waals surface area contributed by atoms with Crippen molar-refractivity contribution in [3.05, 3.63) is 58.1 Å². The van der Waals surface area contributed by atoms with Crippen molar-refractivity contribution in [1.82, 2.24) is 19.9 Å². The molecule has 12 heteroatoms. The quantitative estimate of drug-likeness (QED) is 0.289. The first-order chi connectivity index (χ1) is 14.8. The first-order valence-electron chi connectivity index (χ1n) is 8.48. The second-order valence-electron chi connectivity index (χ2n) is 6.01. The standard InChI is InChI=1S/C18H13Cl2N7S.CO2.H2/c1-8-4-13(25-7-24-8)27-17-15-12(2-3-23-17)26-18(28-15)14-10(19)5-9(16(21)22)6-11(14)20;2-1-3;/h2-7H,1H3,(H3,21,22)(H,23,24,25,27);;1H. The number of hydrogen-bond acceptors (Lipinski definition) is 9. The number of anilines is 2. The number of nitrogens with zero attached hydrogens (tertiary/aromatic N) is 4. The molecule has 4 N–H and O–H groups in total. The summed E-state index contributed by atoms with van der Waals surface area (Å²) in [6.07, 6.45) is 3.41. The highest BCUT2D eigenvalue weighted by Gasteiger charge is 2.17. The molecule has 0 saturated carbocycles. The van der Waals surface area contributed by atoms with E-state index in [4.69, 9.17) is 43.9 Å². The van der Waals surface area contributed by atoms with Crippen LogP contribution in [0.2, 0.25) is 10.0 Å². The van der Waals surface area contributed by atoms with Crippen LogP contribution >= 0.6 is 34.5 Å². The van der Waals surface area contributed by atoms with Crippen molar-refractivity contribution >= 4 is 68.4 Å². The molecule has 0 atom stereocenters. The molecule has 158 valence electrons. The van der Waals surface area contributed by atoms with Crippen molar-refractivity contribution < 1.29 is 11.0 Å². The van der Waals surface area contributed by atoms with Gasteiger partial charge in [-0.25, -0.2) is 19.9 Å². The molecule has 0 bridgehead atoms. The molecule has 0 amide bonds. The van der Waals surface area contributed by atoms with E-state index in [2.05, 4.69) is 25.3 Å². The van der Waals surface area contributed by atoms with Crippen LogP contribution in [0.1, 0.15) is 12.7 Å². The summed E-state index contributed by atoms with van der Waals surface area (Å²) in [5.41, 5.74) is 8.19. The molecule has 0 saturated heterocycles. The zero-order valence-electron chi connectivity index (χ0n) is 15.8. The predicted octanol–water partition coefficient (Wildman–Crippen LogP) is 4.45. The van der Waals surface area contributed by atoms with Gasteiger partial charge < -0.3 is 11.1 Å². The first kappa shape index (κ1) is 22.3. The molecule has 4 aromatic rings. The highest BCUT2D eigenvalue weighted by Crippen LogP contribution is 2.41. The number of hydrogen-bond donors (Lipinski definition) is 3. The summed E-state index contributed by atoms with van der Waals surface area (Å²) in [6.45, 7) is 1.89. The van der Waals surface area contributed by atoms with E-state index in [9.17, 15) is 0 Å². The highest BCUT2D eigenvalue weighted by molar-refractivity contribution is 7.22. The monoisotopic (exact) mass is 475 g/mol. The summed E-state index contributed by atoms with van der Waals surface area (Å²) in [4.78, 5) is 33.6. The van der Waals surface area contributed by atoms with Gasteiger partial charge in [0.15, 0.2) is 5.82 Å². The number of aryl methyl sites for hydroxylation is 1. The van der Waals surface area contributed by atoms with E-state index in [1.165, 1.54) is 17.7 Å². The molecule has 4 rings (SSSR count). The second kappa shape index (κ2) is 9.59.